The Morgan fingerprint density at radius 1 is 1.39 bits per heavy atom. The molecule has 0 aromatic carbocycles. The summed E-state index contributed by atoms with van der Waals surface area (Å²) in [5, 5.41) is 0. The van der Waals surface area contributed by atoms with Crippen molar-refractivity contribution >= 4 is 11.6 Å². The maximum atomic E-state index is 12.5. The average Bonchev–Trinajstić information content (AvgIpc) is 2.81. The van der Waals surface area contributed by atoms with Gasteiger partial charge in [0.15, 0.2) is 5.76 Å². The third-order valence-corrected chi connectivity index (χ3v) is 4.03. The van der Waals surface area contributed by atoms with Gasteiger partial charge in [-0.05, 0) is 36.8 Å². The van der Waals surface area contributed by atoms with Crippen LogP contribution in [0.25, 0.3) is 0 Å². The van der Waals surface area contributed by atoms with Crippen LogP contribution in [0, 0.1) is 23.7 Å². The third-order valence-electron chi connectivity index (χ3n) is 4.03. The predicted octanol–water partition coefficient (Wildman–Crippen LogP) is 3.35. The van der Waals surface area contributed by atoms with Gasteiger partial charge in [-0.25, -0.2) is 0 Å². The topological polar surface area (TPSA) is 47.3 Å². The van der Waals surface area contributed by atoms with Gasteiger partial charge >= 0.3 is 0 Å². The van der Waals surface area contributed by atoms with Crippen molar-refractivity contribution < 1.29 is 14.0 Å². The van der Waals surface area contributed by atoms with Gasteiger partial charge in [0, 0.05) is 5.92 Å². The van der Waals surface area contributed by atoms with E-state index in [1.165, 1.54) is 6.26 Å². The number of hydrogen-bond acceptors (Lipinski definition) is 3. The van der Waals surface area contributed by atoms with Crippen LogP contribution >= 0.6 is 0 Å². The average molecular weight is 248 g/mol. The molecule has 1 fully saturated rings. The molecule has 0 radical (unpaired) electrons. The molecule has 0 amide bonds. The van der Waals surface area contributed by atoms with E-state index in [2.05, 4.69) is 0 Å². The Labute approximate surface area is 108 Å². The van der Waals surface area contributed by atoms with Crippen LogP contribution in [-0.2, 0) is 4.79 Å². The summed E-state index contributed by atoms with van der Waals surface area (Å²) >= 11 is 0. The third kappa shape index (κ3) is 2.26. The molecule has 0 saturated heterocycles. The first kappa shape index (κ1) is 13.1. The second kappa shape index (κ2) is 5.09. The fourth-order valence-electron chi connectivity index (χ4n) is 2.88. The molecule has 1 saturated carbocycles. The molecule has 1 aliphatic rings. The lowest BCUT2D eigenvalue weighted by atomic mass is 9.68. The number of furan rings is 1. The largest absolute Gasteiger partial charge is 0.461 e. The smallest absolute Gasteiger partial charge is 0.208 e. The van der Waals surface area contributed by atoms with Crippen LogP contribution in [0.5, 0.6) is 0 Å². The lowest BCUT2D eigenvalue weighted by Crippen LogP contribution is -2.40. The Balaban J connectivity index is 2.24. The molecule has 3 atom stereocenters. The molecule has 1 unspecified atom stereocenters. The van der Waals surface area contributed by atoms with E-state index in [9.17, 15) is 9.59 Å². The van der Waals surface area contributed by atoms with Gasteiger partial charge in [-0.2, -0.15) is 0 Å². The quantitative estimate of drug-likeness (QED) is 0.608. The van der Waals surface area contributed by atoms with Gasteiger partial charge in [0.25, 0.3) is 0 Å². The molecular formula is C15H20O3. The fraction of sp³-hybridized carbons (Fsp3) is 0.600. The zero-order valence-electron chi connectivity index (χ0n) is 11.2. The van der Waals surface area contributed by atoms with Crippen molar-refractivity contribution in [1.29, 1.82) is 0 Å². The first-order chi connectivity index (χ1) is 8.52. The maximum absolute atomic E-state index is 12.5. The van der Waals surface area contributed by atoms with Crippen molar-refractivity contribution in [2.24, 2.45) is 23.7 Å². The van der Waals surface area contributed by atoms with E-state index in [-0.39, 0.29) is 23.4 Å². The van der Waals surface area contributed by atoms with Crippen molar-refractivity contribution in [3.05, 3.63) is 24.2 Å². The molecule has 0 bridgehead atoms. The van der Waals surface area contributed by atoms with Gasteiger partial charge in [-0.15, -0.1) is 0 Å². The zero-order valence-corrected chi connectivity index (χ0v) is 11.2. The van der Waals surface area contributed by atoms with E-state index in [0.717, 1.165) is 12.8 Å². The Hall–Kier alpha value is -1.38. The molecule has 0 spiro atoms. The summed E-state index contributed by atoms with van der Waals surface area (Å²) in [6.07, 6.45) is 3.32. The highest BCUT2D eigenvalue weighted by Gasteiger charge is 2.42. The monoisotopic (exact) mass is 248 g/mol. The van der Waals surface area contributed by atoms with E-state index in [1.54, 1.807) is 12.1 Å². The van der Waals surface area contributed by atoms with Crippen molar-refractivity contribution in [2.75, 3.05) is 0 Å². The molecule has 2 rings (SSSR count). The Bertz CT molecular complexity index is 431. The molecule has 1 aromatic rings. The van der Waals surface area contributed by atoms with Gasteiger partial charge in [-0.3, -0.25) is 9.59 Å². The van der Waals surface area contributed by atoms with Gasteiger partial charge in [0.2, 0.25) is 5.78 Å². The summed E-state index contributed by atoms with van der Waals surface area (Å²) in [6.45, 7) is 6.08. The summed E-state index contributed by atoms with van der Waals surface area (Å²) in [5.74, 6) is 0.182. The molecule has 3 nitrogen and oxygen atoms in total. The number of hydrogen-bond donors (Lipinski definition) is 0. The number of Topliss-reactive ketones (excluding diaryl/α,β-unsaturated/α-hetero) is 2. The standard InChI is InChI=1S/C15H20O3/c1-9(2)11-7-6-10(3)13(14(11)16)15(17)12-5-4-8-18-12/h4-5,8-11,13H,6-7H2,1-3H3/t10-,11+,13?/m1/s1. The van der Waals surface area contributed by atoms with E-state index >= 15 is 0 Å². The molecule has 3 heteroatoms. The Morgan fingerprint density at radius 3 is 2.67 bits per heavy atom. The predicted molar refractivity (Wildman–Crippen MR) is 68.3 cm³/mol. The van der Waals surface area contributed by atoms with Gasteiger partial charge in [0.05, 0.1) is 12.2 Å². The highest BCUT2D eigenvalue weighted by Crippen LogP contribution is 2.36. The van der Waals surface area contributed by atoms with Crippen LogP contribution in [-0.4, -0.2) is 11.6 Å². The minimum absolute atomic E-state index is 0.0186. The van der Waals surface area contributed by atoms with Crippen molar-refractivity contribution in [1.82, 2.24) is 0 Å². The first-order valence-corrected chi connectivity index (χ1v) is 6.63. The van der Waals surface area contributed by atoms with Crippen LogP contribution in [0.15, 0.2) is 22.8 Å². The second-order valence-electron chi connectivity index (χ2n) is 5.63. The maximum Gasteiger partial charge on any atom is 0.208 e. The molecule has 1 aromatic heterocycles. The van der Waals surface area contributed by atoms with E-state index in [4.69, 9.17) is 4.42 Å². The van der Waals surface area contributed by atoms with E-state index < -0.39 is 5.92 Å². The zero-order chi connectivity index (χ0) is 13.3. The van der Waals surface area contributed by atoms with Gasteiger partial charge < -0.3 is 4.42 Å². The Kier molecular flexibility index (Phi) is 3.69. The lowest BCUT2D eigenvalue weighted by Gasteiger charge is -2.33. The van der Waals surface area contributed by atoms with Crippen LogP contribution in [0.1, 0.15) is 44.2 Å². The molecule has 0 N–H and O–H groups in total. The van der Waals surface area contributed by atoms with Crippen molar-refractivity contribution in [3.63, 3.8) is 0 Å². The summed E-state index contributed by atoms with van der Waals surface area (Å²) in [7, 11) is 0. The van der Waals surface area contributed by atoms with Crippen LogP contribution in [0.3, 0.4) is 0 Å². The van der Waals surface area contributed by atoms with Crippen LogP contribution in [0.4, 0.5) is 0 Å². The fourth-order valence-corrected chi connectivity index (χ4v) is 2.88. The molecule has 98 valence electrons. The lowest BCUT2D eigenvalue weighted by molar-refractivity contribution is -0.130. The van der Waals surface area contributed by atoms with E-state index in [0.29, 0.717) is 11.7 Å². The summed E-state index contributed by atoms with van der Waals surface area (Å²) in [5.41, 5.74) is 0. The second-order valence-corrected chi connectivity index (χ2v) is 5.63. The highest BCUT2D eigenvalue weighted by atomic mass is 16.3. The molecule has 1 aliphatic carbocycles. The number of carbonyl (C=O) groups excluding carboxylic acids is 2. The minimum Gasteiger partial charge on any atom is -0.461 e. The van der Waals surface area contributed by atoms with E-state index in [1.807, 2.05) is 20.8 Å². The molecule has 0 aliphatic heterocycles. The summed E-state index contributed by atoms with van der Waals surface area (Å²) in [6, 6.07) is 3.33. The van der Waals surface area contributed by atoms with Crippen molar-refractivity contribution in [3.8, 4) is 0 Å². The van der Waals surface area contributed by atoms with Crippen molar-refractivity contribution in [2.45, 2.75) is 33.6 Å². The van der Waals surface area contributed by atoms with Gasteiger partial charge in [-0.1, -0.05) is 20.8 Å². The number of carbonyl (C=O) groups is 2. The SMILES string of the molecule is CC(C)[C@@H]1CC[C@@H](C)C(C(=O)c2ccco2)C1=O. The molecule has 18 heavy (non-hydrogen) atoms. The van der Waals surface area contributed by atoms with Crippen LogP contribution in [0.2, 0.25) is 0 Å². The minimum atomic E-state index is -0.516. The molecule has 1 heterocycles. The Morgan fingerprint density at radius 2 is 2.11 bits per heavy atom. The number of rotatable bonds is 3. The van der Waals surface area contributed by atoms with Gasteiger partial charge in [0.1, 0.15) is 5.78 Å². The molecular weight excluding hydrogens is 228 g/mol. The number of ketones is 2. The summed E-state index contributed by atoms with van der Waals surface area (Å²) in [4.78, 5) is 24.8. The highest BCUT2D eigenvalue weighted by molar-refractivity contribution is 6.10. The first-order valence-electron chi connectivity index (χ1n) is 6.63. The summed E-state index contributed by atoms with van der Waals surface area (Å²) < 4.78 is 5.14. The normalized spacial score (nSPS) is 28.7. The van der Waals surface area contributed by atoms with Crippen LogP contribution < -0.4 is 0 Å².